The van der Waals surface area contributed by atoms with Crippen LogP contribution in [0.25, 0.3) is 10.9 Å². The minimum Gasteiger partial charge on any atom is -0.358 e. The van der Waals surface area contributed by atoms with Gasteiger partial charge in [0.25, 0.3) is 15.9 Å². The lowest BCUT2D eigenvalue weighted by Gasteiger charge is -2.17. The standard InChI is InChI=1S/C17H13Cl2N3O3S/c18-12-3-4-14(16-15(12)13(19)8-21-16)22-26(24,25)10-2-1-9-5-6-20-17(23)11(9)7-10/h1-4,7-8,21-22H,5-6H2,(H,20,23). The summed E-state index contributed by atoms with van der Waals surface area (Å²) in [6.07, 6.45) is 2.22. The summed E-state index contributed by atoms with van der Waals surface area (Å²) < 4.78 is 28.1. The third-order valence-electron chi connectivity index (χ3n) is 4.30. The lowest BCUT2D eigenvalue weighted by atomic mass is 10.0. The fraction of sp³-hybridized carbons (Fsp3) is 0.118. The third-order valence-corrected chi connectivity index (χ3v) is 6.27. The maximum absolute atomic E-state index is 12.8. The average molecular weight is 410 g/mol. The molecule has 3 N–H and O–H groups in total. The van der Waals surface area contributed by atoms with Crippen molar-refractivity contribution in [1.29, 1.82) is 0 Å². The van der Waals surface area contributed by atoms with Crippen molar-refractivity contribution in [2.24, 2.45) is 0 Å². The molecule has 0 bridgehead atoms. The lowest BCUT2D eigenvalue weighted by Crippen LogP contribution is -2.32. The van der Waals surface area contributed by atoms with Crippen LogP contribution in [0.5, 0.6) is 0 Å². The van der Waals surface area contributed by atoms with Crippen molar-refractivity contribution < 1.29 is 13.2 Å². The SMILES string of the molecule is O=C1NCCc2ccc(S(=O)(=O)Nc3ccc(Cl)c4c(Cl)c[nH]c34)cc21. The molecule has 0 saturated carbocycles. The Morgan fingerprint density at radius 3 is 2.69 bits per heavy atom. The highest BCUT2D eigenvalue weighted by Gasteiger charge is 2.22. The number of nitrogens with one attached hydrogen (secondary N) is 3. The third kappa shape index (κ3) is 2.82. The maximum atomic E-state index is 12.8. The van der Waals surface area contributed by atoms with Crippen LogP contribution in [-0.4, -0.2) is 25.9 Å². The Bertz CT molecular complexity index is 1160. The summed E-state index contributed by atoms with van der Waals surface area (Å²) >= 11 is 12.2. The van der Waals surface area contributed by atoms with Gasteiger partial charge in [-0.3, -0.25) is 9.52 Å². The molecule has 0 saturated heterocycles. The Balaban J connectivity index is 1.76. The van der Waals surface area contributed by atoms with E-state index < -0.39 is 10.0 Å². The Morgan fingerprint density at radius 2 is 1.88 bits per heavy atom. The summed E-state index contributed by atoms with van der Waals surface area (Å²) in [6.45, 7) is 0.548. The van der Waals surface area contributed by atoms with E-state index in [9.17, 15) is 13.2 Å². The van der Waals surface area contributed by atoms with Gasteiger partial charge in [0.05, 0.1) is 26.1 Å². The van der Waals surface area contributed by atoms with Crippen molar-refractivity contribution >= 4 is 55.7 Å². The van der Waals surface area contributed by atoms with Crippen molar-refractivity contribution in [2.75, 3.05) is 11.3 Å². The summed E-state index contributed by atoms with van der Waals surface area (Å²) in [5, 5.41) is 4.07. The molecule has 134 valence electrons. The predicted octanol–water partition coefficient (Wildman–Crippen LogP) is 3.56. The zero-order valence-corrected chi connectivity index (χ0v) is 15.6. The van der Waals surface area contributed by atoms with Crippen LogP contribution in [-0.2, 0) is 16.4 Å². The minimum atomic E-state index is -3.90. The molecule has 0 fully saturated rings. The number of benzene rings is 2. The number of aromatic nitrogens is 1. The quantitative estimate of drug-likeness (QED) is 0.617. The van der Waals surface area contributed by atoms with Crippen LogP contribution in [0.1, 0.15) is 15.9 Å². The van der Waals surface area contributed by atoms with Gasteiger partial charge in [0.15, 0.2) is 0 Å². The highest BCUT2D eigenvalue weighted by Crippen LogP contribution is 2.35. The van der Waals surface area contributed by atoms with Crippen molar-refractivity contribution in [3.8, 4) is 0 Å². The van der Waals surface area contributed by atoms with Gasteiger partial charge in [-0.15, -0.1) is 0 Å². The highest BCUT2D eigenvalue weighted by atomic mass is 35.5. The van der Waals surface area contributed by atoms with E-state index >= 15 is 0 Å². The summed E-state index contributed by atoms with van der Waals surface area (Å²) in [4.78, 5) is 14.9. The van der Waals surface area contributed by atoms with E-state index in [1.807, 2.05) is 0 Å². The largest absolute Gasteiger partial charge is 0.358 e. The minimum absolute atomic E-state index is 0.00838. The fourth-order valence-corrected chi connectivity index (χ4v) is 4.67. The van der Waals surface area contributed by atoms with Crippen molar-refractivity contribution in [2.45, 2.75) is 11.3 Å². The Labute approximate surface area is 159 Å². The number of halogens is 2. The van der Waals surface area contributed by atoms with Gasteiger partial charge in [0.2, 0.25) is 0 Å². The van der Waals surface area contributed by atoms with Gasteiger partial charge in [-0.25, -0.2) is 8.42 Å². The van der Waals surface area contributed by atoms with E-state index in [0.29, 0.717) is 45.2 Å². The van der Waals surface area contributed by atoms with Gasteiger partial charge < -0.3 is 10.3 Å². The lowest BCUT2D eigenvalue weighted by molar-refractivity contribution is 0.0945. The van der Waals surface area contributed by atoms with Crippen LogP contribution in [0.15, 0.2) is 41.4 Å². The zero-order valence-electron chi connectivity index (χ0n) is 13.3. The van der Waals surface area contributed by atoms with E-state index in [1.54, 1.807) is 24.4 Å². The fourth-order valence-electron chi connectivity index (χ4n) is 3.02. The molecular formula is C17H13Cl2N3O3S. The first kappa shape index (κ1) is 17.2. The highest BCUT2D eigenvalue weighted by molar-refractivity contribution is 7.92. The molecule has 0 aliphatic carbocycles. The number of carbonyl (C=O) groups is 1. The number of amides is 1. The van der Waals surface area contributed by atoms with Gasteiger partial charge in [-0.1, -0.05) is 29.3 Å². The number of hydrogen-bond acceptors (Lipinski definition) is 3. The van der Waals surface area contributed by atoms with Crippen molar-refractivity contribution in [3.05, 3.63) is 57.7 Å². The molecule has 0 unspecified atom stereocenters. The topological polar surface area (TPSA) is 91.1 Å². The van der Waals surface area contributed by atoms with Crippen LogP contribution in [0.3, 0.4) is 0 Å². The number of hydrogen-bond donors (Lipinski definition) is 3. The molecular weight excluding hydrogens is 397 g/mol. The van der Waals surface area contributed by atoms with Crippen LogP contribution in [0.4, 0.5) is 5.69 Å². The van der Waals surface area contributed by atoms with Gasteiger partial charge in [-0.2, -0.15) is 0 Å². The number of carbonyl (C=O) groups excluding carboxylic acids is 1. The van der Waals surface area contributed by atoms with Gasteiger partial charge in [0.1, 0.15) is 0 Å². The molecule has 0 spiro atoms. The Hall–Kier alpha value is -2.22. The Morgan fingerprint density at radius 1 is 1.08 bits per heavy atom. The second-order valence-corrected chi connectivity index (χ2v) is 8.41. The molecule has 1 amide bonds. The molecule has 0 atom stereocenters. The number of rotatable bonds is 3. The van der Waals surface area contributed by atoms with E-state index in [0.717, 1.165) is 5.56 Å². The summed E-state index contributed by atoms with van der Waals surface area (Å²) in [5.41, 5.74) is 2.02. The number of fused-ring (bicyclic) bond motifs is 2. The first-order valence-electron chi connectivity index (χ1n) is 7.76. The molecule has 26 heavy (non-hydrogen) atoms. The second-order valence-electron chi connectivity index (χ2n) is 5.91. The molecule has 6 nitrogen and oxygen atoms in total. The molecule has 2 heterocycles. The normalized spacial score (nSPS) is 14.2. The van der Waals surface area contributed by atoms with Gasteiger partial charge >= 0.3 is 0 Å². The number of sulfonamides is 1. The van der Waals surface area contributed by atoms with E-state index in [4.69, 9.17) is 23.2 Å². The van der Waals surface area contributed by atoms with E-state index in [1.165, 1.54) is 12.1 Å². The molecule has 1 aliphatic heterocycles. The second kappa shape index (κ2) is 6.19. The average Bonchev–Trinajstić information content (AvgIpc) is 3.00. The smallest absolute Gasteiger partial charge is 0.261 e. The molecule has 0 radical (unpaired) electrons. The molecule has 4 rings (SSSR count). The molecule has 2 aromatic carbocycles. The van der Waals surface area contributed by atoms with Crippen molar-refractivity contribution in [1.82, 2.24) is 10.3 Å². The van der Waals surface area contributed by atoms with Crippen molar-refractivity contribution in [3.63, 3.8) is 0 Å². The molecule has 1 aliphatic rings. The maximum Gasteiger partial charge on any atom is 0.261 e. The number of H-pyrrole nitrogens is 1. The number of aromatic amines is 1. The van der Waals surface area contributed by atoms with Crippen LogP contribution >= 0.6 is 23.2 Å². The summed E-state index contributed by atoms with van der Waals surface area (Å²) in [6, 6.07) is 7.68. The monoisotopic (exact) mass is 409 g/mol. The zero-order chi connectivity index (χ0) is 18.5. The van der Waals surface area contributed by atoms with Crippen LogP contribution in [0.2, 0.25) is 10.0 Å². The van der Waals surface area contributed by atoms with E-state index in [2.05, 4.69) is 15.0 Å². The number of anilines is 1. The first-order chi connectivity index (χ1) is 12.4. The summed E-state index contributed by atoms with van der Waals surface area (Å²) in [5.74, 6) is -0.270. The van der Waals surface area contributed by atoms with Gasteiger partial charge in [0, 0.05) is 23.7 Å². The van der Waals surface area contributed by atoms with E-state index in [-0.39, 0.29) is 10.8 Å². The molecule has 3 aromatic rings. The summed E-state index contributed by atoms with van der Waals surface area (Å²) in [7, 11) is -3.90. The van der Waals surface area contributed by atoms with Crippen LogP contribution in [0, 0.1) is 0 Å². The molecule has 1 aromatic heterocycles. The first-order valence-corrected chi connectivity index (χ1v) is 10.00. The van der Waals surface area contributed by atoms with Gasteiger partial charge in [-0.05, 0) is 36.2 Å². The molecule has 9 heteroatoms. The van der Waals surface area contributed by atoms with Crippen LogP contribution < -0.4 is 10.0 Å². The Kier molecular flexibility index (Phi) is 4.10. The predicted molar refractivity (Wildman–Crippen MR) is 102 cm³/mol.